The Balaban J connectivity index is 3.39. The lowest BCUT2D eigenvalue weighted by molar-refractivity contribution is -0.123. The summed E-state index contributed by atoms with van der Waals surface area (Å²) < 4.78 is 4.87. The second kappa shape index (κ2) is 6.86. The van der Waals surface area contributed by atoms with E-state index in [-0.39, 0.29) is 17.9 Å². The lowest BCUT2D eigenvalue weighted by Crippen LogP contribution is -2.34. The number of amides is 1. The molecule has 1 amide bonds. The summed E-state index contributed by atoms with van der Waals surface area (Å²) in [7, 11) is 1.62. The van der Waals surface area contributed by atoms with Crippen molar-refractivity contribution < 1.29 is 9.53 Å². The van der Waals surface area contributed by atoms with E-state index in [4.69, 9.17) is 10.5 Å². The molecular weight excluding hydrogens is 168 g/mol. The van der Waals surface area contributed by atoms with Crippen LogP contribution in [0.3, 0.4) is 0 Å². The summed E-state index contributed by atoms with van der Waals surface area (Å²) in [6.45, 7) is 4.90. The van der Waals surface area contributed by atoms with Crippen molar-refractivity contribution in [2.45, 2.75) is 26.3 Å². The minimum Gasteiger partial charge on any atom is -0.383 e. The van der Waals surface area contributed by atoms with E-state index in [1.807, 2.05) is 13.8 Å². The molecule has 0 rings (SSSR count). The number of rotatable bonds is 6. The highest BCUT2D eigenvalue weighted by molar-refractivity contribution is 5.77. The van der Waals surface area contributed by atoms with Gasteiger partial charge in [0.25, 0.3) is 0 Å². The number of hydrogen-bond donors (Lipinski definition) is 2. The summed E-state index contributed by atoms with van der Waals surface area (Å²) in [6, 6.07) is 0.0115. The van der Waals surface area contributed by atoms with Gasteiger partial charge >= 0.3 is 0 Å². The highest BCUT2D eigenvalue weighted by Gasteiger charge is 2.06. The van der Waals surface area contributed by atoms with Gasteiger partial charge in [-0.3, -0.25) is 4.79 Å². The Bertz CT molecular complexity index is 149. The van der Waals surface area contributed by atoms with Crippen LogP contribution in [0, 0.1) is 5.92 Å². The largest absolute Gasteiger partial charge is 0.383 e. The van der Waals surface area contributed by atoms with Gasteiger partial charge in [0, 0.05) is 25.6 Å². The Labute approximate surface area is 79.8 Å². The van der Waals surface area contributed by atoms with E-state index >= 15 is 0 Å². The molecule has 0 aliphatic rings. The van der Waals surface area contributed by atoms with Crippen LogP contribution >= 0.6 is 0 Å². The SMILES string of the molecule is COCC(N)CCNC(=O)C(C)C. The fraction of sp³-hybridized carbons (Fsp3) is 0.889. The zero-order valence-electron chi connectivity index (χ0n) is 8.67. The molecule has 0 spiro atoms. The summed E-state index contributed by atoms with van der Waals surface area (Å²) in [5.41, 5.74) is 5.67. The second-order valence-electron chi connectivity index (χ2n) is 3.45. The number of carbonyl (C=O) groups is 1. The first-order valence-corrected chi connectivity index (χ1v) is 4.60. The van der Waals surface area contributed by atoms with Crippen molar-refractivity contribution in [2.24, 2.45) is 11.7 Å². The number of ether oxygens (including phenoxy) is 1. The first kappa shape index (κ1) is 12.4. The lowest BCUT2D eigenvalue weighted by atomic mass is 10.2. The van der Waals surface area contributed by atoms with Gasteiger partial charge in [-0.2, -0.15) is 0 Å². The summed E-state index contributed by atoms with van der Waals surface area (Å²) in [5.74, 6) is 0.114. The Hall–Kier alpha value is -0.610. The molecule has 0 aliphatic carbocycles. The fourth-order valence-electron chi connectivity index (χ4n) is 0.882. The third-order valence-corrected chi connectivity index (χ3v) is 1.72. The molecule has 0 heterocycles. The van der Waals surface area contributed by atoms with Crippen molar-refractivity contribution >= 4 is 5.91 Å². The van der Waals surface area contributed by atoms with Crippen LogP contribution in [0.4, 0.5) is 0 Å². The van der Waals surface area contributed by atoms with Crippen molar-refractivity contribution in [3.63, 3.8) is 0 Å². The molecule has 3 N–H and O–H groups in total. The third-order valence-electron chi connectivity index (χ3n) is 1.72. The van der Waals surface area contributed by atoms with Gasteiger partial charge in [-0.25, -0.2) is 0 Å². The van der Waals surface area contributed by atoms with Crippen LogP contribution in [0.15, 0.2) is 0 Å². The quantitative estimate of drug-likeness (QED) is 0.622. The highest BCUT2D eigenvalue weighted by Crippen LogP contribution is 1.92. The molecule has 0 fully saturated rings. The molecule has 4 heteroatoms. The van der Waals surface area contributed by atoms with Crippen molar-refractivity contribution in [1.82, 2.24) is 5.32 Å². The molecule has 0 saturated carbocycles. The van der Waals surface area contributed by atoms with Gasteiger partial charge < -0.3 is 15.8 Å². The van der Waals surface area contributed by atoms with Crippen LogP contribution in [0.25, 0.3) is 0 Å². The zero-order valence-corrected chi connectivity index (χ0v) is 8.67. The maximum absolute atomic E-state index is 11.1. The van der Waals surface area contributed by atoms with Crippen molar-refractivity contribution in [3.05, 3.63) is 0 Å². The standard InChI is InChI=1S/C9H20N2O2/c1-7(2)9(12)11-5-4-8(10)6-13-3/h7-8H,4-6,10H2,1-3H3,(H,11,12). The number of carbonyl (C=O) groups excluding carboxylic acids is 1. The van der Waals surface area contributed by atoms with Gasteiger partial charge in [0.1, 0.15) is 0 Å². The van der Waals surface area contributed by atoms with E-state index in [9.17, 15) is 4.79 Å². The Kier molecular flexibility index (Phi) is 6.54. The summed E-state index contributed by atoms with van der Waals surface area (Å²) >= 11 is 0. The van der Waals surface area contributed by atoms with Crippen LogP contribution in [0.5, 0.6) is 0 Å². The molecular formula is C9H20N2O2. The van der Waals surface area contributed by atoms with Gasteiger partial charge in [0.15, 0.2) is 0 Å². The molecule has 78 valence electrons. The topological polar surface area (TPSA) is 64.3 Å². The Morgan fingerprint density at radius 2 is 2.15 bits per heavy atom. The summed E-state index contributed by atoms with van der Waals surface area (Å²) in [5, 5.41) is 2.80. The monoisotopic (exact) mass is 188 g/mol. The minimum atomic E-state index is 0.0115. The first-order chi connectivity index (χ1) is 6.07. The van der Waals surface area contributed by atoms with Crippen LogP contribution < -0.4 is 11.1 Å². The van der Waals surface area contributed by atoms with E-state index in [0.29, 0.717) is 13.2 Å². The van der Waals surface area contributed by atoms with E-state index in [2.05, 4.69) is 5.32 Å². The van der Waals surface area contributed by atoms with Crippen molar-refractivity contribution in [1.29, 1.82) is 0 Å². The predicted octanol–water partition coefficient (Wildman–Crippen LogP) is 0.122. The Morgan fingerprint density at radius 1 is 1.54 bits per heavy atom. The van der Waals surface area contributed by atoms with Crippen LogP contribution in [-0.2, 0) is 9.53 Å². The minimum absolute atomic E-state index is 0.0115. The van der Waals surface area contributed by atoms with Gasteiger partial charge in [-0.05, 0) is 6.42 Å². The number of nitrogens with one attached hydrogen (secondary N) is 1. The van der Waals surface area contributed by atoms with Crippen molar-refractivity contribution in [3.8, 4) is 0 Å². The predicted molar refractivity (Wildman–Crippen MR) is 52.3 cm³/mol. The van der Waals surface area contributed by atoms with Gasteiger partial charge in [0.05, 0.1) is 6.61 Å². The smallest absolute Gasteiger partial charge is 0.222 e. The second-order valence-corrected chi connectivity index (χ2v) is 3.45. The van der Waals surface area contributed by atoms with E-state index in [1.54, 1.807) is 7.11 Å². The molecule has 4 nitrogen and oxygen atoms in total. The zero-order chi connectivity index (χ0) is 10.3. The molecule has 1 atom stereocenters. The van der Waals surface area contributed by atoms with Crippen LogP contribution in [-0.4, -0.2) is 32.2 Å². The van der Waals surface area contributed by atoms with Gasteiger partial charge in [-0.15, -0.1) is 0 Å². The van der Waals surface area contributed by atoms with Crippen LogP contribution in [0.1, 0.15) is 20.3 Å². The molecule has 0 bridgehead atoms. The number of methoxy groups -OCH3 is 1. The van der Waals surface area contributed by atoms with Gasteiger partial charge in [0.2, 0.25) is 5.91 Å². The Morgan fingerprint density at radius 3 is 2.62 bits per heavy atom. The van der Waals surface area contributed by atoms with Crippen molar-refractivity contribution in [2.75, 3.05) is 20.3 Å². The average molecular weight is 188 g/mol. The number of nitrogens with two attached hydrogens (primary N) is 1. The lowest BCUT2D eigenvalue weighted by Gasteiger charge is -2.11. The van der Waals surface area contributed by atoms with Gasteiger partial charge in [-0.1, -0.05) is 13.8 Å². The summed E-state index contributed by atoms with van der Waals surface area (Å²) in [4.78, 5) is 11.1. The van der Waals surface area contributed by atoms with E-state index in [0.717, 1.165) is 6.42 Å². The molecule has 1 unspecified atom stereocenters. The van der Waals surface area contributed by atoms with E-state index in [1.165, 1.54) is 0 Å². The summed E-state index contributed by atoms with van der Waals surface area (Å²) in [6.07, 6.45) is 0.756. The number of hydrogen-bond acceptors (Lipinski definition) is 3. The maximum Gasteiger partial charge on any atom is 0.222 e. The molecule has 0 aliphatic heterocycles. The maximum atomic E-state index is 11.1. The van der Waals surface area contributed by atoms with E-state index < -0.39 is 0 Å². The molecule has 0 aromatic rings. The van der Waals surface area contributed by atoms with Crippen LogP contribution in [0.2, 0.25) is 0 Å². The highest BCUT2D eigenvalue weighted by atomic mass is 16.5. The molecule has 0 aromatic heterocycles. The molecule has 13 heavy (non-hydrogen) atoms. The fourth-order valence-corrected chi connectivity index (χ4v) is 0.882. The molecule has 0 aromatic carbocycles. The third kappa shape index (κ3) is 6.54. The normalized spacial score (nSPS) is 13.0. The molecule has 0 saturated heterocycles. The molecule has 0 radical (unpaired) electrons. The first-order valence-electron chi connectivity index (χ1n) is 4.60. The average Bonchev–Trinajstić information content (AvgIpc) is 2.04.